The van der Waals surface area contributed by atoms with Crippen molar-refractivity contribution < 1.29 is 4.74 Å². The summed E-state index contributed by atoms with van der Waals surface area (Å²) in [6.45, 7) is 5.62. The highest BCUT2D eigenvalue weighted by atomic mass is 16.5. The van der Waals surface area contributed by atoms with E-state index in [4.69, 9.17) is 10.5 Å². The Morgan fingerprint density at radius 3 is 2.62 bits per heavy atom. The summed E-state index contributed by atoms with van der Waals surface area (Å²) in [5.74, 6) is 0. The van der Waals surface area contributed by atoms with Gasteiger partial charge in [0.2, 0.25) is 0 Å². The molecule has 90 valence electrons. The number of hydrogen-bond acceptors (Lipinski definition) is 3. The van der Waals surface area contributed by atoms with Gasteiger partial charge in [-0.25, -0.2) is 0 Å². The van der Waals surface area contributed by atoms with Crippen molar-refractivity contribution in [2.24, 2.45) is 5.73 Å². The van der Waals surface area contributed by atoms with Crippen molar-refractivity contribution in [3.63, 3.8) is 0 Å². The predicted octanol–water partition coefficient (Wildman–Crippen LogP) is 1.66. The van der Waals surface area contributed by atoms with Gasteiger partial charge in [-0.3, -0.25) is 0 Å². The van der Waals surface area contributed by atoms with E-state index in [9.17, 15) is 0 Å². The van der Waals surface area contributed by atoms with Gasteiger partial charge < -0.3 is 15.8 Å². The lowest BCUT2D eigenvalue weighted by Gasteiger charge is -2.17. The molecule has 0 aliphatic heterocycles. The summed E-state index contributed by atoms with van der Waals surface area (Å²) in [6, 6.07) is 8.89. The molecule has 0 aliphatic rings. The van der Waals surface area contributed by atoms with Crippen LogP contribution in [0.1, 0.15) is 25.0 Å². The minimum atomic E-state index is 0.169. The Hall–Kier alpha value is -0.900. The van der Waals surface area contributed by atoms with Gasteiger partial charge in [0.05, 0.1) is 6.61 Å². The Balaban J connectivity index is 2.50. The van der Waals surface area contributed by atoms with Crippen molar-refractivity contribution in [2.75, 3.05) is 7.11 Å². The van der Waals surface area contributed by atoms with E-state index in [0.717, 1.165) is 6.54 Å². The van der Waals surface area contributed by atoms with Gasteiger partial charge in [0.1, 0.15) is 0 Å². The molecular formula is C13H22N2O. The van der Waals surface area contributed by atoms with Crippen LogP contribution in [-0.2, 0) is 17.9 Å². The zero-order valence-corrected chi connectivity index (χ0v) is 10.4. The Morgan fingerprint density at radius 1 is 1.31 bits per heavy atom. The van der Waals surface area contributed by atoms with E-state index in [1.807, 2.05) is 6.92 Å². The number of hydrogen-bond donors (Lipinski definition) is 2. The summed E-state index contributed by atoms with van der Waals surface area (Å²) < 4.78 is 5.11. The lowest BCUT2D eigenvalue weighted by Crippen LogP contribution is -2.40. The molecule has 2 unspecified atom stereocenters. The van der Waals surface area contributed by atoms with Crippen molar-refractivity contribution in [3.05, 3.63) is 35.4 Å². The minimum Gasteiger partial charge on any atom is -0.380 e. The predicted molar refractivity (Wildman–Crippen MR) is 67.1 cm³/mol. The Morgan fingerprint density at radius 2 is 2.00 bits per heavy atom. The third kappa shape index (κ3) is 4.31. The van der Waals surface area contributed by atoms with E-state index < -0.39 is 0 Å². The van der Waals surface area contributed by atoms with Gasteiger partial charge in [-0.05, 0) is 25.0 Å². The monoisotopic (exact) mass is 222 g/mol. The molecule has 3 heteroatoms. The average molecular weight is 222 g/mol. The zero-order valence-electron chi connectivity index (χ0n) is 10.4. The second-order valence-corrected chi connectivity index (χ2v) is 4.28. The van der Waals surface area contributed by atoms with Crippen LogP contribution < -0.4 is 11.1 Å². The Kier molecular flexibility index (Phi) is 5.46. The molecule has 3 N–H and O–H groups in total. The van der Waals surface area contributed by atoms with Gasteiger partial charge >= 0.3 is 0 Å². The summed E-state index contributed by atoms with van der Waals surface area (Å²) in [6.07, 6.45) is 0. The molecule has 0 aromatic heterocycles. The van der Waals surface area contributed by atoms with Crippen molar-refractivity contribution >= 4 is 0 Å². The van der Waals surface area contributed by atoms with E-state index >= 15 is 0 Å². The summed E-state index contributed by atoms with van der Waals surface area (Å²) in [5.41, 5.74) is 8.26. The number of methoxy groups -OCH3 is 1. The Labute approximate surface area is 98.0 Å². The maximum atomic E-state index is 5.80. The second kappa shape index (κ2) is 6.63. The van der Waals surface area contributed by atoms with Crippen LogP contribution in [0.4, 0.5) is 0 Å². The van der Waals surface area contributed by atoms with Crippen LogP contribution in [0.2, 0.25) is 0 Å². The highest BCUT2D eigenvalue weighted by Crippen LogP contribution is 2.06. The first kappa shape index (κ1) is 13.2. The molecule has 0 spiro atoms. The van der Waals surface area contributed by atoms with Crippen LogP contribution in [0.5, 0.6) is 0 Å². The topological polar surface area (TPSA) is 47.3 Å². The summed E-state index contributed by atoms with van der Waals surface area (Å²) in [7, 11) is 1.71. The molecule has 2 atom stereocenters. The number of benzene rings is 1. The normalized spacial score (nSPS) is 14.8. The van der Waals surface area contributed by atoms with Crippen molar-refractivity contribution in [1.29, 1.82) is 0 Å². The van der Waals surface area contributed by atoms with Crippen molar-refractivity contribution in [1.82, 2.24) is 5.32 Å². The first-order chi connectivity index (χ1) is 7.63. The molecule has 1 aromatic rings. The molecule has 0 aliphatic carbocycles. The zero-order chi connectivity index (χ0) is 12.0. The molecule has 0 amide bonds. The third-order valence-corrected chi connectivity index (χ3v) is 2.72. The molecular weight excluding hydrogens is 200 g/mol. The van der Waals surface area contributed by atoms with Gasteiger partial charge in [-0.1, -0.05) is 24.3 Å². The van der Waals surface area contributed by atoms with Crippen LogP contribution in [0, 0.1) is 0 Å². The van der Waals surface area contributed by atoms with Crippen molar-refractivity contribution in [2.45, 2.75) is 39.1 Å². The maximum absolute atomic E-state index is 5.80. The molecule has 0 bridgehead atoms. The van der Waals surface area contributed by atoms with Gasteiger partial charge in [0, 0.05) is 25.7 Å². The second-order valence-electron chi connectivity index (χ2n) is 4.28. The van der Waals surface area contributed by atoms with Gasteiger partial charge in [0.25, 0.3) is 0 Å². The molecule has 1 aromatic carbocycles. The smallest absolute Gasteiger partial charge is 0.0713 e. The van der Waals surface area contributed by atoms with Gasteiger partial charge in [-0.2, -0.15) is 0 Å². The SMILES string of the molecule is COCc1cccc(CNC(C)C(C)N)c1. The van der Waals surface area contributed by atoms with Crippen LogP contribution in [0.15, 0.2) is 24.3 Å². The molecule has 0 fully saturated rings. The highest BCUT2D eigenvalue weighted by Gasteiger charge is 2.06. The number of rotatable bonds is 6. The molecule has 1 rings (SSSR count). The molecule has 16 heavy (non-hydrogen) atoms. The fourth-order valence-corrected chi connectivity index (χ4v) is 1.46. The summed E-state index contributed by atoms with van der Waals surface area (Å²) in [5, 5.41) is 3.40. The lowest BCUT2D eigenvalue weighted by atomic mass is 10.1. The largest absolute Gasteiger partial charge is 0.380 e. The van der Waals surface area contributed by atoms with Crippen molar-refractivity contribution in [3.8, 4) is 0 Å². The summed E-state index contributed by atoms with van der Waals surface area (Å²) >= 11 is 0. The average Bonchev–Trinajstić information content (AvgIpc) is 2.26. The van der Waals surface area contributed by atoms with Crippen LogP contribution in [0.3, 0.4) is 0 Å². The fraction of sp³-hybridized carbons (Fsp3) is 0.538. The number of nitrogens with one attached hydrogen (secondary N) is 1. The van der Waals surface area contributed by atoms with Crippen LogP contribution >= 0.6 is 0 Å². The molecule has 0 saturated heterocycles. The molecule has 0 heterocycles. The fourth-order valence-electron chi connectivity index (χ4n) is 1.46. The van der Waals surface area contributed by atoms with E-state index in [0.29, 0.717) is 12.6 Å². The first-order valence-corrected chi connectivity index (χ1v) is 5.69. The third-order valence-electron chi connectivity index (χ3n) is 2.72. The van der Waals surface area contributed by atoms with Crippen LogP contribution in [-0.4, -0.2) is 19.2 Å². The molecule has 0 saturated carbocycles. The number of nitrogens with two attached hydrogens (primary N) is 1. The van der Waals surface area contributed by atoms with E-state index in [1.54, 1.807) is 7.11 Å². The standard InChI is InChI=1S/C13H22N2O/c1-10(14)11(2)15-8-12-5-4-6-13(7-12)9-16-3/h4-7,10-11,15H,8-9,14H2,1-3H3. The van der Waals surface area contributed by atoms with E-state index in [2.05, 4.69) is 36.5 Å². The minimum absolute atomic E-state index is 0.169. The quantitative estimate of drug-likeness (QED) is 0.769. The molecule has 0 radical (unpaired) electrons. The number of ether oxygens (including phenoxy) is 1. The lowest BCUT2D eigenvalue weighted by molar-refractivity contribution is 0.185. The highest BCUT2D eigenvalue weighted by molar-refractivity contribution is 5.22. The van der Waals surface area contributed by atoms with E-state index in [1.165, 1.54) is 11.1 Å². The molecule has 3 nitrogen and oxygen atoms in total. The maximum Gasteiger partial charge on any atom is 0.0713 e. The Bertz CT molecular complexity index is 313. The first-order valence-electron chi connectivity index (χ1n) is 5.69. The summed E-state index contributed by atoms with van der Waals surface area (Å²) in [4.78, 5) is 0. The van der Waals surface area contributed by atoms with Crippen LogP contribution in [0.25, 0.3) is 0 Å². The van der Waals surface area contributed by atoms with E-state index in [-0.39, 0.29) is 6.04 Å². The van der Waals surface area contributed by atoms with Gasteiger partial charge in [-0.15, -0.1) is 0 Å². The van der Waals surface area contributed by atoms with Gasteiger partial charge in [0.15, 0.2) is 0 Å².